The summed E-state index contributed by atoms with van der Waals surface area (Å²) in [5, 5.41) is 0. The van der Waals surface area contributed by atoms with Crippen LogP contribution in [0.4, 0.5) is 0 Å². The van der Waals surface area contributed by atoms with Crippen molar-refractivity contribution in [1.82, 2.24) is 0 Å². The van der Waals surface area contributed by atoms with Crippen LogP contribution in [-0.2, 0) is 14.3 Å². The molecule has 0 amide bonds. The second kappa shape index (κ2) is 7.20. The summed E-state index contributed by atoms with van der Waals surface area (Å²) in [6, 6.07) is 0. The predicted octanol–water partition coefficient (Wildman–Crippen LogP) is 2.79. The van der Waals surface area contributed by atoms with Gasteiger partial charge in [-0.05, 0) is 12.8 Å². The van der Waals surface area contributed by atoms with Gasteiger partial charge in [0, 0.05) is 18.4 Å². The molecule has 3 heteroatoms. The maximum Gasteiger partial charge on any atom is 0.333 e. The van der Waals surface area contributed by atoms with Gasteiger partial charge >= 0.3 is 5.97 Å². The van der Waals surface area contributed by atoms with Crippen molar-refractivity contribution in [3.63, 3.8) is 0 Å². The number of ether oxygens (including phenoxy) is 1. The van der Waals surface area contributed by atoms with Crippen LogP contribution < -0.4 is 0 Å². The van der Waals surface area contributed by atoms with Crippen LogP contribution in [0.15, 0.2) is 12.2 Å². The number of rotatable bonds is 0. The summed E-state index contributed by atoms with van der Waals surface area (Å²) in [7, 11) is 0. The lowest BCUT2D eigenvalue weighted by Crippen LogP contribution is -2.11. The molecule has 0 aromatic carbocycles. The first-order chi connectivity index (χ1) is 7.70. The fraction of sp³-hybridized carbons (Fsp3) is 0.692. The Balaban J connectivity index is 2.44. The number of hydrogen-bond donors (Lipinski definition) is 0. The van der Waals surface area contributed by atoms with Crippen molar-refractivity contribution in [1.29, 1.82) is 0 Å². The van der Waals surface area contributed by atoms with E-state index < -0.39 is 5.97 Å². The lowest BCUT2D eigenvalue weighted by atomic mass is 10.0. The zero-order valence-electron chi connectivity index (χ0n) is 9.80. The van der Waals surface area contributed by atoms with Gasteiger partial charge < -0.3 is 4.74 Å². The molecule has 0 saturated carbocycles. The van der Waals surface area contributed by atoms with Crippen molar-refractivity contribution in [2.24, 2.45) is 0 Å². The zero-order chi connectivity index (χ0) is 11.8. The Morgan fingerprint density at radius 1 is 0.938 bits per heavy atom. The molecular weight excluding hydrogens is 204 g/mol. The Hall–Kier alpha value is -1.12. The van der Waals surface area contributed by atoms with Gasteiger partial charge in [-0.1, -0.05) is 32.3 Å². The van der Waals surface area contributed by atoms with Crippen LogP contribution in [-0.4, -0.2) is 18.4 Å². The van der Waals surface area contributed by atoms with Crippen LogP contribution in [0, 0.1) is 0 Å². The molecule has 1 fully saturated rings. The second-order valence-electron chi connectivity index (χ2n) is 4.33. The summed E-state index contributed by atoms with van der Waals surface area (Å²) in [6.45, 7) is 4.05. The molecule has 0 bridgehead atoms. The monoisotopic (exact) mass is 224 g/mol. The molecule has 0 spiro atoms. The number of esters is 1. The molecular formula is C13H20O3. The maximum atomic E-state index is 11.5. The van der Waals surface area contributed by atoms with E-state index in [2.05, 4.69) is 6.58 Å². The van der Waals surface area contributed by atoms with E-state index in [0.29, 0.717) is 18.6 Å². The highest BCUT2D eigenvalue weighted by Gasteiger charge is 2.13. The number of carbonyl (C=O) groups excluding carboxylic acids is 2. The van der Waals surface area contributed by atoms with Crippen LogP contribution in [0.25, 0.3) is 0 Å². The molecule has 1 aliphatic heterocycles. The first kappa shape index (κ1) is 12.9. The van der Waals surface area contributed by atoms with Gasteiger partial charge in [-0.25, -0.2) is 4.79 Å². The summed E-state index contributed by atoms with van der Waals surface area (Å²) in [6.07, 6.45) is 7.08. The first-order valence-corrected chi connectivity index (χ1v) is 6.07. The number of cyclic esters (lactones) is 1. The third kappa shape index (κ3) is 5.10. The smallest absolute Gasteiger partial charge is 0.333 e. The molecule has 0 unspecified atom stereocenters. The maximum absolute atomic E-state index is 11.5. The van der Waals surface area contributed by atoms with Gasteiger partial charge in [-0.3, -0.25) is 4.79 Å². The summed E-state index contributed by atoms with van der Waals surface area (Å²) in [5.41, 5.74) is 0.296. The summed E-state index contributed by atoms with van der Waals surface area (Å²) in [4.78, 5) is 22.9. The van der Waals surface area contributed by atoms with Gasteiger partial charge in [-0.15, -0.1) is 0 Å². The minimum absolute atomic E-state index is 0.0983. The van der Waals surface area contributed by atoms with Gasteiger partial charge in [0.2, 0.25) is 0 Å². The Morgan fingerprint density at radius 2 is 1.56 bits per heavy atom. The Kier molecular flexibility index (Phi) is 5.83. The normalized spacial score (nSPS) is 21.6. The Labute approximate surface area is 96.9 Å². The molecule has 1 aliphatic rings. The molecule has 0 N–H and O–H groups in total. The fourth-order valence-electron chi connectivity index (χ4n) is 1.80. The average molecular weight is 224 g/mol. The highest BCUT2D eigenvalue weighted by molar-refractivity contribution is 5.95. The van der Waals surface area contributed by atoms with E-state index in [9.17, 15) is 9.59 Å². The molecule has 0 aromatic heterocycles. The zero-order valence-corrected chi connectivity index (χ0v) is 9.80. The minimum atomic E-state index is -0.410. The predicted molar refractivity (Wildman–Crippen MR) is 62.0 cm³/mol. The van der Waals surface area contributed by atoms with Crippen LogP contribution in [0.1, 0.15) is 51.4 Å². The molecule has 0 radical (unpaired) electrons. The highest BCUT2D eigenvalue weighted by atomic mass is 16.5. The molecule has 0 aromatic rings. The van der Waals surface area contributed by atoms with E-state index >= 15 is 0 Å². The van der Waals surface area contributed by atoms with Crippen molar-refractivity contribution in [2.45, 2.75) is 51.4 Å². The number of carbonyl (C=O) groups is 2. The number of ketones is 1. The second-order valence-corrected chi connectivity index (χ2v) is 4.33. The molecule has 1 heterocycles. The van der Waals surface area contributed by atoms with Gasteiger partial charge in [0.25, 0.3) is 0 Å². The third-order valence-electron chi connectivity index (χ3n) is 2.78. The van der Waals surface area contributed by atoms with E-state index in [0.717, 1.165) is 32.1 Å². The van der Waals surface area contributed by atoms with Crippen molar-refractivity contribution in [2.75, 3.05) is 6.61 Å². The fourth-order valence-corrected chi connectivity index (χ4v) is 1.80. The van der Waals surface area contributed by atoms with E-state index in [1.807, 2.05) is 0 Å². The van der Waals surface area contributed by atoms with Gasteiger partial charge in [0.15, 0.2) is 0 Å². The van der Waals surface area contributed by atoms with Crippen LogP contribution in [0.3, 0.4) is 0 Å². The van der Waals surface area contributed by atoms with E-state index in [4.69, 9.17) is 4.74 Å². The quantitative estimate of drug-likeness (QED) is 0.469. The highest BCUT2D eigenvalue weighted by Crippen LogP contribution is 2.12. The third-order valence-corrected chi connectivity index (χ3v) is 2.78. The van der Waals surface area contributed by atoms with Crippen LogP contribution in [0.5, 0.6) is 0 Å². The van der Waals surface area contributed by atoms with Crippen LogP contribution in [0.2, 0.25) is 0 Å². The molecule has 1 saturated heterocycles. The Bertz CT molecular complexity index is 268. The lowest BCUT2D eigenvalue weighted by Gasteiger charge is -2.05. The molecule has 1 rings (SSSR count). The molecule has 0 aliphatic carbocycles. The number of Topliss-reactive ketones (excluding diaryl/α,β-unsaturated/α-hetero) is 1. The molecule has 0 atom stereocenters. The minimum Gasteiger partial charge on any atom is -0.462 e. The SMILES string of the molecule is C=C1CC(=O)CCCCCCCCOC1=O. The lowest BCUT2D eigenvalue weighted by molar-refractivity contribution is -0.140. The van der Waals surface area contributed by atoms with Crippen molar-refractivity contribution >= 4 is 11.8 Å². The summed E-state index contributed by atoms with van der Waals surface area (Å²) >= 11 is 0. The first-order valence-electron chi connectivity index (χ1n) is 6.07. The van der Waals surface area contributed by atoms with Gasteiger partial charge in [-0.2, -0.15) is 0 Å². The summed E-state index contributed by atoms with van der Waals surface area (Å²) < 4.78 is 5.03. The summed E-state index contributed by atoms with van der Waals surface area (Å²) in [5.74, 6) is -0.311. The Morgan fingerprint density at radius 3 is 2.31 bits per heavy atom. The average Bonchev–Trinajstić information content (AvgIpc) is 2.26. The van der Waals surface area contributed by atoms with Crippen molar-refractivity contribution in [3.8, 4) is 0 Å². The number of hydrogen-bond acceptors (Lipinski definition) is 3. The standard InChI is InChI=1S/C13H20O3/c1-11-10-12(14)8-6-4-2-3-5-7-9-16-13(11)15/h1-10H2. The van der Waals surface area contributed by atoms with Crippen LogP contribution >= 0.6 is 0 Å². The topological polar surface area (TPSA) is 43.4 Å². The van der Waals surface area contributed by atoms with Crippen molar-refractivity contribution in [3.05, 3.63) is 12.2 Å². The van der Waals surface area contributed by atoms with Gasteiger partial charge in [0.05, 0.1) is 6.61 Å². The van der Waals surface area contributed by atoms with E-state index in [-0.39, 0.29) is 12.2 Å². The molecule has 90 valence electrons. The van der Waals surface area contributed by atoms with Gasteiger partial charge in [0.1, 0.15) is 5.78 Å². The van der Waals surface area contributed by atoms with E-state index in [1.54, 1.807) is 0 Å². The van der Waals surface area contributed by atoms with E-state index in [1.165, 1.54) is 6.42 Å². The molecule has 16 heavy (non-hydrogen) atoms. The van der Waals surface area contributed by atoms with Crippen molar-refractivity contribution < 1.29 is 14.3 Å². The largest absolute Gasteiger partial charge is 0.462 e. The molecule has 3 nitrogen and oxygen atoms in total.